The van der Waals surface area contributed by atoms with Crippen molar-refractivity contribution in [1.82, 2.24) is 4.90 Å². The molecule has 2 aromatic rings. The second-order valence-electron chi connectivity index (χ2n) is 6.32. The molecule has 25 heavy (non-hydrogen) atoms. The van der Waals surface area contributed by atoms with Crippen LogP contribution in [0.15, 0.2) is 47.1 Å². The van der Waals surface area contributed by atoms with Crippen LogP contribution < -0.4 is 5.32 Å². The number of hydrogen-bond acceptors (Lipinski definition) is 4. The summed E-state index contributed by atoms with van der Waals surface area (Å²) < 4.78 is 10.9. The smallest absolute Gasteiger partial charge is 0.321 e. The van der Waals surface area contributed by atoms with Gasteiger partial charge in [-0.25, -0.2) is 4.79 Å². The number of likely N-dealkylation sites (tertiary alicyclic amines) is 1. The third kappa shape index (κ3) is 5.08. The third-order valence-electron chi connectivity index (χ3n) is 4.38. The van der Waals surface area contributed by atoms with Gasteiger partial charge in [0.25, 0.3) is 0 Å². The van der Waals surface area contributed by atoms with E-state index in [-0.39, 0.29) is 12.6 Å². The van der Waals surface area contributed by atoms with Crippen molar-refractivity contribution in [3.8, 4) is 0 Å². The van der Waals surface area contributed by atoms with Crippen molar-refractivity contribution in [2.75, 3.05) is 25.0 Å². The summed E-state index contributed by atoms with van der Waals surface area (Å²) in [5.41, 5.74) is 1.75. The molecule has 0 unspecified atom stereocenters. The normalized spacial score (nSPS) is 17.0. The number of ether oxygens (including phenoxy) is 1. The highest BCUT2D eigenvalue weighted by Crippen LogP contribution is 2.20. The number of anilines is 1. The standard InChI is InChI=1S/C19H24N2O4/c22-9-7-15-6-8-21(12-15)19(23)20-17-4-1-3-16(11-17)13-24-14-18-5-2-10-25-18/h1-5,10-11,15,22H,6-9,12-14H2,(H,20,23)/t15-/m0/s1. The third-order valence-corrected chi connectivity index (χ3v) is 4.38. The van der Waals surface area contributed by atoms with Crippen LogP contribution >= 0.6 is 0 Å². The Morgan fingerprint density at radius 3 is 3.04 bits per heavy atom. The summed E-state index contributed by atoms with van der Waals surface area (Å²) in [7, 11) is 0. The minimum atomic E-state index is -0.0888. The average molecular weight is 344 g/mol. The second kappa shape index (κ2) is 8.69. The van der Waals surface area contributed by atoms with E-state index >= 15 is 0 Å². The summed E-state index contributed by atoms with van der Waals surface area (Å²) in [6.45, 7) is 2.50. The zero-order valence-corrected chi connectivity index (χ0v) is 14.2. The predicted molar refractivity (Wildman–Crippen MR) is 94.0 cm³/mol. The monoisotopic (exact) mass is 344 g/mol. The maximum Gasteiger partial charge on any atom is 0.321 e. The lowest BCUT2D eigenvalue weighted by molar-refractivity contribution is 0.0930. The second-order valence-corrected chi connectivity index (χ2v) is 6.32. The molecule has 0 spiro atoms. The fourth-order valence-electron chi connectivity index (χ4n) is 3.04. The Kier molecular flexibility index (Phi) is 6.09. The molecule has 1 saturated heterocycles. The maximum absolute atomic E-state index is 12.4. The lowest BCUT2D eigenvalue weighted by atomic mass is 10.1. The first-order valence-corrected chi connectivity index (χ1v) is 8.60. The molecule has 134 valence electrons. The number of aliphatic hydroxyl groups is 1. The largest absolute Gasteiger partial charge is 0.467 e. The summed E-state index contributed by atoms with van der Waals surface area (Å²) in [4.78, 5) is 14.2. The van der Waals surface area contributed by atoms with Crippen molar-refractivity contribution in [3.05, 3.63) is 54.0 Å². The lowest BCUT2D eigenvalue weighted by Gasteiger charge is -2.17. The molecule has 2 N–H and O–H groups in total. The van der Waals surface area contributed by atoms with E-state index in [1.807, 2.05) is 36.4 Å². The summed E-state index contributed by atoms with van der Waals surface area (Å²) >= 11 is 0. The van der Waals surface area contributed by atoms with Crippen LogP contribution in [0.25, 0.3) is 0 Å². The van der Waals surface area contributed by atoms with E-state index in [0.29, 0.717) is 25.7 Å². The first-order valence-electron chi connectivity index (χ1n) is 8.60. The van der Waals surface area contributed by atoms with Crippen LogP contribution in [0.1, 0.15) is 24.2 Å². The fourth-order valence-corrected chi connectivity index (χ4v) is 3.04. The van der Waals surface area contributed by atoms with Crippen molar-refractivity contribution in [2.24, 2.45) is 5.92 Å². The van der Waals surface area contributed by atoms with Crippen LogP contribution in [0.3, 0.4) is 0 Å². The van der Waals surface area contributed by atoms with Gasteiger partial charge in [-0.2, -0.15) is 0 Å². The van der Waals surface area contributed by atoms with Gasteiger partial charge in [-0.1, -0.05) is 12.1 Å². The molecule has 6 heteroatoms. The molecule has 0 aliphatic carbocycles. The van der Waals surface area contributed by atoms with Gasteiger partial charge < -0.3 is 24.5 Å². The van der Waals surface area contributed by atoms with E-state index in [1.165, 1.54) is 0 Å². The molecule has 3 rings (SSSR count). The van der Waals surface area contributed by atoms with E-state index in [2.05, 4.69) is 5.32 Å². The SMILES string of the molecule is O=C(Nc1cccc(COCc2ccco2)c1)N1CC[C@@H](CCO)C1. The molecule has 0 bridgehead atoms. The summed E-state index contributed by atoms with van der Waals surface area (Å²) in [6, 6.07) is 11.3. The van der Waals surface area contributed by atoms with Gasteiger partial charge in [0.05, 0.1) is 12.9 Å². The predicted octanol–water partition coefficient (Wildman–Crippen LogP) is 3.23. The van der Waals surface area contributed by atoms with E-state index < -0.39 is 0 Å². The molecule has 1 aliphatic rings. The van der Waals surface area contributed by atoms with Gasteiger partial charge in [0.2, 0.25) is 0 Å². The van der Waals surface area contributed by atoms with E-state index in [1.54, 1.807) is 11.2 Å². The Labute approximate surface area is 147 Å². The fraction of sp³-hybridized carbons (Fsp3) is 0.421. The van der Waals surface area contributed by atoms with Gasteiger partial charge in [-0.3, -0.25) is 0 Å². The highest BCUT2D eigenvalue weighted by molar-refractivity contribution is 5.89. The minimum Gasteiger partial charge on any atom is -0.467 e. The highest BCUT2D eigenvalue weighted by Gasteiger charge is 2.25. The van der Waals surface area contributed by atoms with Crippen molar-refractivity contribution >= 4 is 11.7 Å². The molecule has 1 aromatic carbocycles. The summed E-state index contributed by atoms with van der Waals surface area (Å²) in [6.07, 6.45) is 3.33. The Morgan fingerprint density at radius 2 is 2.24 bits per heavy atom. The molecule has 2 heterocycles. The Morgan fingerprint density at radius 1 is 1.32 bits per heavy atom. The number of benzene rings is 1. The summed E-state index contributed by atoms with van der Waals surface area (Å²) in [5, 5.41) is 12.0. The van der Waals surface area contributed by atoms with Crippen molar-refractivity contribution < 1.29 is 19.1 Å². The number of furan rings is 1. The van der Waals surface area contributed by atoms with Crippen LogP contribution in [-0.2, 0) is 18.0 Å². The molecule has 1 aliphatic heterocycles. The van der Waals surface area contributed by atoms with Crippen LogP contribution in [0.4, 0.5) is 10.5 Å². The number of aliphatic hydroxyl groups excluding tert-OH is 1. The van der Waals surface area contributed by atoms with Crippen LogP contribution in [0, 0.1) is 5.92 Å². The number of urea groups is 1. The average Bonchev–Trinajstić information content (AvgIpc) is 3.27. The number of nitrogens with zero attached hydrogens (tertiary/aromatic N) is 1. The zero-order chi connectivity index (χ0) is 17.5. The van der Waals surface area contributed by atoms with Crippen LogP contribution in [0.5, 0.6) is 0 Å². The topological polar surface area (TPSA) is 74.9 Å². The first kappa shape index (κ1) is 17.5. The van der Waals surface area contributed by atoms with Crippen molar-refractivity contribution in [1.29, 1.82) is 0 Å². The van der Waals surface area contributed by atoms with Gasteiger partial charge in [-0.15, -0.1) is 0 Å². The molecule has 0 radical (unpaired) electrons. The molecule has 2 amide bonds. The van der Waals surface area contributed by atoms with Gasteiger partial charge in [0, 0.05) is 25.4 Å². The molecular weight excluding hydrogens is 320 g/mol. The Bertz CT molecular complexity index is 672. The molecule has 0 saturated carbocycles. The van der Waals surface area contributed by atoms with Gasteiger partial charge in [0.15, 0.2) is 0 Å². The number of hydrogen-bond donors (Lipinski definition) is 2. The zero-order valence-electron chi connectivity index (χ0n) is 14.2. The van der Waals surface area contributed by atoms with E-state index in [9.17, 15) is 4.79 Å². The van der Waals surface area contributed by atoms with Gasteiger partial charge in [0.1, 0.15) is 12.4 Å². The molecular formula is C19H24N2O4. The van der Waals surface area contributed by atoms with Crippen molar-refractivity contribution in [2.45, 2.75) is 26.1 Å². The van der Waals surface area contributed by atoms with E-state index in [4.69, 9.17) is 14.3 Å². The van der Waals surface area contributed by atoms with Gasteiger partial charge in [-0.05, 0) is 48.6 Å². The van der Waals surface area contributed by atoms with Crippen LogP contribution in [0.2, 0.25) is 0 Å². The summed E-state index contributed by atoms with van der Waals surface area (Å²) in [5.74, 6) is 1.19. The van der Waals surface area contributed by atoms with Crippen LogP contribution in [-0.4, -0.2) is 35.7 Å². The highest BCUT2D eigenvalue weighted by atomic mass is 16.5. The van der Waals surface area contributed by atoms with Gasteiger partial charge >= 0.3 is 6.03 Å². The lowest BCUT2D eigenvalue weighted by Crippen LogP contribution is -2.33. The van der Waals surface area contributed by atoms with Crippen molar-refractivity contribution in [3.63, 3.8) is 0 Å². The first-order chi connectivity index (χ1) is 12.2. The Balaban J connectivity index is 1.48. The Hall–Kier alpha value is -2.31. The number of carbonyl (C=O) groups excluding carboxylic acids is 1. The van der Waals surface area contributed by atoms with E-state index in [0.717, 1.165) is 36.4 Å². The quantitative estimate of drug-likeness (QED) is 0.809. The number of amides is 2. The number of rotatable bonds is 7. The molecule has 1 atom stereocenters. The number of nitrogens with one attached hydrogen (secondary N) is 1. The minimum absolute atomic E-state index is 0.0888. The molecule has 1 aromatic heterocycles. The molecule has 6 nitrogen and oxygen atoms in total. The molecule has 1 fully saturated rings. The number of carbonyl (C=O) groups is 1. The maximum atomic E-state index is 12.4.